The van der Waals surface area contributed by atoms with Crippen molar-refractivity contribution in [2.75, 3.05) is 39.3 Å². The number of nitrogens with one attached hydrogen (secondary N) is 2. The van der Waals surface area contributed by atoms with Gasteiger partial charge in [-0.25, -0.2) is 0 Å². The Kier molecular flexibility index (Phi) is 6.36. The van der Waals surface area contributed by atoms with Crippen molar-refractivity contribution < 1.29 is 4.79 Å². The van der Waals surface area contributed by atoms with Crippen LogP contribution >= 0.6 is 12.6 Å². The number of benzene rings is 1. The van der Waals surface area contributed by atoms with Gasteiger partial charge in [0.1, 0.15) is 0 Å². The number of carbonyl (C=O) groups is 1. The van der Waals surface area contributed by atoms with Gasteiger partial charge in [0.2, 0.25) is 0 Å². The molecule has 0 atom stereocenters. The highest BCUT2D eigenvalue weighted by Crippen LogP contribution is 2.18. The van der Waals surface area contributed by atoms with E-state index in [0.717, 1.165) is 62.6 Å². The molecule has 0 unspecified atom stereocenters. The van der Waals surface area contributed by atoms with Gasteiger partial charge in [0.05, 0.1) is 5.56 Å². The Labute approximate surface area is 126 Å². The van der Waals surface area contributed by atoms with Crippen LogP contribution in [0.15, 0.2) is 29.2 Å². The molecule has 0 aliphatic carbocycles. The van der Waals surface area contributed by atoms with E-state index in [1.807, 2.05) is 29.2 Å². The molecule has 0 radical (unpaired) electrons. The molecule has 0 spiro atoms. The van der Waals surface area contributed by atoms with Crippen LogP contribution in [0.2, 0.25) is 0 Å². The second-order valence-electron chi connectivity index (χ2n) is 5.02. The molecule has 2 aliphatic heterocycles. The number of hydrogen-bond donors (Lipinski definition) is 3. The minimum Gasteiger partial charge on any atom is -0.339 e. The number of thiol groups is 1. The lowest BCUT2D eigenvalue weighted by Crippen LogP contribution is -2.39. The van der Waals surface area contributed by atoms with Crippen molar-refractivity contribution in [3.8, 4) is 0 Å². The van der Waals surface area contributed by atoms with Gasteiger partial charge in [-0.1, -0.05) is 12.1 Å². The van der Waals surface area contributed by atoms with Gasteiger partial charge >= 0.3 is 0 Å². The molecule has 1 aromatic carbocycles. The normalized spacial score (nSPS) is 18.4. The smallest absolute Gasteiger partial charge is 0.254 e. The Balaban J connectivity index is 0.000000205. The fourth-order valence-electron chi connectivity index (χ4n) is 2.35. The summed E-state index contributed by atoms with van der Waals surface area (Å²) in [7, 11) is 0. The average molecular weight is 293 g/mol. The highest BCUT2D eigenvalue weighted by Gasteiger charge is 2.20. The summed E-state index contributed by atoms with van der Waals surface area (Å²) in [6, 6.07) is 7.46. The maximum atomic E-state index is 11.9. The van der Waals surface area contributed by atoms with Gasteiger partial charge in [-0.2, -0.15) is 0 Å². The summed E-state index contributed by atoms with van der Waals surface area (Å²) in [4.78, 5) is 14.6. The van der Waals surface area contributed by atoms with Crippen molar-refractivity contribution in [1.29, 1.82) is 0 Å². The summed E-state index contributed by atoms with van der Waals surface area (Å²) in [6.45, 7) is 6.34. The number of hydrogen-bond acceptors (Lipinski definition) is 4. The highest BCUT2D eigenvalue weighted by molar-refractivity contribution is 7.80. The van der Waals surface area contributed by atoms with E-state index in [1.165, 1.54) is 0 Å². The molecule has 2 heterocycles. The largest absolute Gasteiger partial charge is 0.339 e. The van der Waals surface area contributed by atoms with E-state index >= 15 is 0 Å². The minimum absolute atomic E-state index is 0.119. The topological polar surface area (TPSA) is 44.4 Å². The molecule has 2 aliphatic rings. The monoisotopic (exact) mass is 293 g/mol. The molecule has 0 bridgehead atoms. The molecule has 1 amide bonds. The lowest BCUT2D eigenvalue weighted by molar-refractivity contribution is 0.0789. The predicted octanol–water partition coefficient (Wildman–Crippen LogP) is 1.39. The summed E-state index contributed by atoms with van der Waals surface area (Å²) in [5.74, 6) is 0.119. The zero-order valence-corrected chi connectivity index (χ0v) is 12.7. The molecule has 0 saturated carbocycles. The maximum absolute atomic E-state index is 11.9. The molecular formula is C15H23N3OS. The molecule has 2 N–H and O–H groups in total. The Bertz CT molecular complexity index is 417. The first-order valence-corrected chi connectivity index (χ1v) is 7.72. The standard InChI is InChI=1S/C11H13NOS.C4H10N2/c13-11(12-7-3-4-8-12)9-5-1-2-6-10(9)14;1-2-6-4-3-5-1/h1-2,5-6,14H,3-4,7-8H2;5-6H,1-4H2. The number of rotatable bonds is 1. The van der Waals surface area contributed by atoms with E-state index in [4.69, 9.17) is 0 Å². The molecule has 2 saturated heterocycles. The summed E-state index contributed by atoms with van der Waals surface area (Å²) >= 11 is 4.28. The van der Waals surface area contributed by atoms with Gasteiger partial charge in [0, 0.05) is 44.2 Å². The van der Waals surface area contributed by atoms with Gasteiger partial charge in [0.25, 0.3) is 5.91 Å². The van der Waals surface area contributed by atoms with Crippen LogP contribution in [0.3, 0.4) is 0 Å². The molecule has 110 valence electrons. The Morgan fingerprint density at radius 2 is 1.55 bits per heavy atom. The van der Waals surface area contributed by atoms with E-state index in [9.17, 15) is 4.79 Å². The molecule has 3 rings (SSSR count). The van der Waals surface area contributed by atoms with Gasteiger partial charge in [0.15, 0.2) is 0 Å². The first-order valence-electron chi connectivity index (χ1n) is 7.28. The van der Waals surface area contributed by atoms with E-state index in [-0.39, 0.29) is 5.91 Å². The lowest BCUT2D eigenvalue weighted by Gasteiger charge is -2.15. The molecule has 1 aromatic rings. The second-order valence-corrected chi connectivity index (χ2v) is 5.50. The number of amides is 1. The van der Waals surface area contributed by atoms with Crippen molar-refractivity contribution in [3.63, 3.8) is 0 Å². The zero-order chi connectivity index (χ0) is 14.2. The van der Waals surface area contributed by atoms with E-state index in [0.29, 0.717) is 0 Å². The SMILES string of the molecule is C1CNCCN1.O=C(c1ccccc1S)N1CCCC1. The van der Waals surface area contributed by atoms with Gasteiger partial charge in [-0.15, -0.1) is 12.6 Å². The Hall–Kier alpha value is -1.04. The quantitative estimate of drug-likeness (QED) is 0.686. The molecule has 5 heteroatoms. The van der Waals surface area contributed by atoms with Crippen molar-refractivity contribution in [2.45, 2.75) is 17.7 Å². The third-order valence-corrected chi connectivity index (χ3v) is 3.87. The first-order chi connectivity index (χ1) is 9.79. The third kappa shape index (κ3) is 4.51. The van der Waals surface area contributed by atoms with Gasteiger partial charge in [-0.05, 0) is 25.0 Å². The van der Waals surface area contributed by atoms with Crippen molar-refractivity contribution >= 4 is 18.5 Å². The summed E-state index contributed by atoms with van der Waals surface area (Å²) in [6.07, 6.45) is 2.25. The fraction of sp³-hybridized carbons (Fsp3) is 0.533. The predicted molar refractivity (Wildman–Crippen MR) is 84.6 cm³/mol. The zero-order valence-electron chi connectivity index (χ0n) is 11.8. The fourth-order valence-corrected chi connectivity index (χ4v) is 2.60. The van der Waals surface area contributed by atoms with Crippen molar-refractivity contribution in [3.05, 3.63) is 29.8 Å². The van der Waals surface area contributed by atoms with Crippen molar-refractivity contribution in [1.82, 2.24) is 15.5 Å². The maximum Gasteiger partial charge on any atom is 0.254 e. The van der Waals surface area contributed by atoms with Gasteiger partial charge in [-0.3, -0.25) is 4.79 Å². The summed E-state index contributed by atoms with van der Waals surface area (Å²) < 4.78 is 0. The molecular weight excluding hydrogens is 270 g/mol. The van der Waals surface area contributed by atoms with Crippen LogP contribution < -0.4 is 10.6 Å². The first kappa shape index (κ1) is 15.4. The lowest BCUT2D eigenvalue weighted by atomic mass is 10.2. The van der Waals surface area contributed by atoms with E-state index < -0.39 is 0 Å². The molecule has 2 fully saturated rings. The van der Waals surface area contributed by atoms with Crippen LogP contribution in [-0.4, -0.2) is 50.1 Å². The van der Waals surface area contributed by atoms with Crippen molar-refractivity contribution in [2.24, 2.45) is 0 Å². The number of likely N-dealkylation sites (tertiary alicyclic amines) is 1. The molecule has 4 nitrogen and oxygen atoms in total. The van der Waals surface area contributed by atoms with Crippen LogP contribution in [0.5, 0.6) is 0 Å². The average Bonchev–Trinajstić information content (AvgIpc) is 3.04. The summed E-state index contributed by atoms with van der Waals surface area (Å²) in [5, 5.41) is 6.44. The second kappa shape index (κ2) is 8.29. The number of piperazine rings is 1. The summed E-state index contributed by atoms with van der Waals surface area (Å²) in [5.41, 5.74) is 0.720. The van der Waals surface area contributed by atoms with Crippen LogP contribution in [0, 0.1) is 0 Å². The van der Waals surface area contributed by atoms with Crippen LogP contribution in [0.1, 0.15) is 23.2 Å². The Morgan fingerprint density at radius 1 is 1.00 bits per heavy atom. The number of carbonyl (C=O) groups excluding carboxylic acids is 1. The Morgan fingerprint density at radius 3 is 2.05 bits per heavy atom. The third-order valence-electron chi connectivity index (χ3n) is 3.48. The molecule has 0 aromatic heterocycles. The highest BCUT2D eigenvalue weighted by atomic mass is 32.1. The number of nitrogens with zero attached hydrogens (tertiary/aromatic N) is 1. The minimum atomic E-state index is 0.119. The van der Waals surface area contributed by atoms with E-state index in [1.54, 1.807) is 0 Å². The van der Waals surface area contributed by atoms with E-state index in [2.05, 4.69) is 23.3 Å². The van der Waals surface area contributed by atoms with Crippen LogP contribution in [0.4, 0.5) is 0 Å². The molecule has 20 heavy (non-hydrogen) atoms. The van der Waals surface area contributed by atoms with Crippen LogP contribution in [-0.2, 0) is 0 Å². The van der Waals surface area contributed by atoms with Gasteiger partial charge < -0.3 is 15.5 Å². The van der Waals surface area contributed by atoms with Crippen LogP contribution in [0.25, 0.3) is 0 Å².